The van der Waals surface area contributed by atoms with Gasteiger partial charge in [0.2, 0.25) is 10.0 Å². The average Bonchev–Trinajstić information content (AvgIpc) is 2.93. The van der Waals surface area contributed by atoms with Crippen molar-refractivity contribution in [3.8, 4) is 5.75 Å². The van der Waals surface area contributed by atoms with E-state index in [1.54, 1.807) is 36.4 Å². The Labute approximate surface area is 140 Å². The van der Waals surface area contributed by atoms with Crippen LogP contribution in [-0.2, 0) is 16.4 Å². The molecule has 0 aliphatic carbocycles. The van der Waals surface area contributed by atoms with E-state index in [9.17, 15) is 18.3 Å². The van der Waals surface area contributed by atoms with Crippen molar-refractivity contribution in [2.45, 2.75) is 13.3 Å². The maximum absolute atomic E-state index is 12.4. The molecule has 2 aromatic rings. The van der Waals surface area contributed by atoms with Crippen LogP contribution in [0.5, 0.6) is 5.75 Å². The lowest BCUT2D eigenvalue weighted by molar-refractivity contribution is 0.102. The number of phenolic OH excluding ortho intramolecular Hbond substituents is 1. The molecular formula is C17H18N2O4S. The molecule has 126 valence electrons. The molecule has 1 heterocycles. The van der Waals surface area contributed by atoms with E-state index >= 15 is 0 Å². The summed E-state index contributed by atoms with van der Waals surface area (Å²) in [7, 11) is -3.31. The van der Waals surface area contributed by atoms with Crippen LogP contribution < -0.4 is 9.62 Å². The molecule has 1 aliphatic rings. The molecule has 0 saturated carbocycles. The Bertz CT molecular complexity index is 922. The van der Waals surface area contributed by atoms with Crippen molar-refractivity contribution in [3.63, 3.8) is 0 Å². The highest BCUT2D eigenvalue weighted by Gasteiger charge is 2.26. The number of hydrogen-bond acceptors (Lipinski definition) is 4. The molecule has 3 rings (SSSR count). The number of amides is 1. The molecule has 0 bridgehead atoms. The summed E-state index contributed by atoms with van der Waals surface area (Å²) in [5.41, 5.74) is 3.09. The first-order valence-corrected chi connectivity index (χ1v) is 9.32. The first-order chi connectivity index (χ1) is 11.3. The Kier molecular flexibility index (Phi) is 3.96. The minimum atomic E-state index is -3.31. The zero-order chi connectivity index (χ0) is 17.5. The summed E-state index contributed by atoms with van der Waals surface area (Å²) < 4.78 is 24.8. The van der Waals surface area contributed by atoms with Crippen LogP contribution in [0.15, 0.2) is 36.4 Å². The van der Waals surface area contributed by atoms with Gasteiger partial charge < -0.3 is 10.4 Å². The van der Waals surface area contributed by atoms with E-state index in [0.29, 0.717) is 29.9 Å². The molecule has 1 amide bonds. The molecule has 6 nitrogen and oxygen atoms in total. The van der Waals surface area contributed by atoms with Gasteiger partial charge in [0.15, 0.2) is 0 Å². The summed E-state index contributed by atoms with van der Waals surface area (Å²) in [5.74, 6) is -0.345. The van der Waals surface area contributed by atoms with Crippen LogP contribution in [0.3, 0.4) is 0 Å². The molecule has 2 aromatic carbocycles. The first-order valence-electron chi connectivity index (χ1n) is 7.47. The largest absolute Gasteiger partial charge is 0.506 e. The topological polar surface area (TPSA) is 86.7 Å². The number of sulfonamides is 1. The summed E-state index contributed by atoms with van der Waals surface area (Å²) in [4.78, 5) is 12.4. The molecule has 0 saturated heterocycles. The number of carbonyl (C=O) groups is 1. The number of nitrogens with zero attached hydrogens (tertiary/aromatic N) is 1. The summed E-state index contributed by atoms with van der Waals surface area (Å²) in [6.45, 7) is 2.23. The number of phenols is 1. The normalized spacial score (nSPS) is 13.7. The van der Waals surface area contributed by atoms with Gasteiger partial charge in [-0.3, -0.25) is 9.10 Å². The Morgan fingerprint density at radius 1 is 1.21 bits per heavy atom. The fraction of sp³-hybridized carbons (Fsp3) is 0.235. The van der Waals surface area contributed by atoms with Crippen molar-refractivity contribution in [1.82, 2.24) is 0 Å². The minimum Gasteiger partial charge on any atom is -0.506 e. The first kappa shape index (κ1) is 16.3. The van der Waals surface area contributed by atoms with E-state index in [4.69, 9.17) is 0 Å². The Hall–Kier alpha value is -2.54. The van der Waals surface area contributed by atoms with Crippen molar-refractivity contribution in [1.29, 1.82) is 0 Å². The van der Waals surface area contributed by atoms with Crippen LogP contribution in [0.25, 0.3) is 0 Å². The number of aryl methyl sites for hydroxylation is 1. The fourth-order valence-electron chi connectivity index (χ4n) is 2.80. The zero-order valence-corrected chi connectivity index (χ0v) is 14.2. The van der Waals surface area contributed by atoms with Gasteiger partial charge in [-0.25, -0.2) is 8.42 Å². The Morgan fingerprint density at radius 2 is 1.96 bits per heavy atom. The average molecular weight is 346 g/mol. The van der Waals surface area contributed by atoms with Crippen LogP contribution in [0.4, 0.5) is 11.4 Å². The van der Waals surface area contributed by atoms with Crippen LogP contribution in [0.1, 0.15) is 21.5 Å². The number of nitrogens with one attached hydrogen (secondary N) is 1. The smallest absolute Gasteiger partial charge is 0.255 e. The van der Waals surface area contributed by atoms with E-state index in [-0.39, 0.29) is 11.7 Å². The molecular weight excluding hydrogens is 328 g/mol. The highest BCUT2D eigenvalue weighted by Crippen LogP contribution is 2.31. The molecule has 7 heteroatoms. The van der Waals surface area contributed by atoms with Gasteiger partial charge in [0.25, 0.3) is 5.91 Å². The maximum Gasteiger partial charge on any atom is 0.255 e. The monoisotopic (exact) mass is 346 g/mol. The number of hydrogen-bond donors (Lipinski definition) is 2. The lowest BCUT2D eigenvalue weighted by Gasteiger charge is -2.16. The molecule has 0 spiro atoms. The number of fused-ring (bicyclic) bond motifs is 1. The predicted molar refractivity (Wildman–Crippen MR) is 93.1 cm³/mol. The number of anilines is 2. The van der Waals surface area contributed by atoms with Gasteiger partial charge in [0.05, 0.1) is 17.6 Å². The fourth-order valence-corrected chi connectivity index (χ4v) is 3.76. The molecule has 0 fully saturated rings. The number of aromatic hydroxyl groups is 1. The van der Waals surface area contributed by atoms with Crippen LogP contribution in [0.2, 0.25) is 0 Å². The quantitative estimate of drug-likeness (QED) is 0.835. The second kappa shape index (κ2) is 5.83. The summed E-state index contributed by atoms with van der Waals surface area (Å²) in [6.07, 6.45) is 1.74. The van der Waals surface area contributed by atoms with Gasteiger partial charge in [0, 0.05) is 12.1 Å². The van der Waals surface area contributed by atoms with Gasteiger partial charge in [0.1, 0.15) is 5.75 Å². The van der Waals surface area contributed by atoms with Gasteiger partial charge in [-0.2, -0.15) is 0 Å². The third-order valence-electron chi connectivity index (χ3n) is 4.00. The van der Waals surface area contributed by atoms with Crippen molar-refractivity contribution >= 4 is 27.3 Å². The van der Waals surface area contributed by atoms with Crippen molar-refractivity contribution < 1.29 is 18.3 Å². The minimum absolute atomic E-state index is 0.00719. The van der Waals surface area contributed by atoms with Crippen molar-refractivity contribution in [2.24, 2.45) is 0 Å². The van der Waals surface area contributed by atoms with Crippen molar-refractivity contribution in [2.75, 3.05) is 22.4 Å². The summed E-state index contributed by atoms with van der Waals surface area (Å²) in [6, 6.07) is 9.93. The van der Waals surface area contributed by atoms with Crippen LogP contribution in [0, 0.1) is 6.92 Å². The SMILES string of the molecule is Cc1ccc(NC(=O)c2ccc3c(c2)CCN3S(C)(=O)=O)c(O)c1. The van der Waals surface area contributed by atoms with Crippen molar-refractivity contribution in [3.05, 3.63) is 53.1 Å². The highest BCUT2D eigenvalue weighted by molar-refractivity contribution is 7.92. The number of rotatable bonds is 3. The van der Waals surface area contributed by atoms with E-state index in [0.717, 1.165) is 11.1 Å². The molecule has 24 heavy (non-hydrogen) atoms. The van der Waals surface area contributed by atoms with E-state index in [1.807, 2.05) is 6.92 Å². The molecule has 1 aliphatic heterocycles. The lowest BCUT2D eigenvalue weighted by atomic mass is 10.1. The molecule has 0 radical (unpaired) electrons. The second-order valence-electron chi connectivity index (χ2n) is 5.90. The van der Waals surface area contributed by atoms with Gasteiger partial charge in [-0.05, 0) is 54.8 Å². The van der Waals surface area contributed by atoms with Crippen LogP contribution >= 0.6 is 0 Å². The standard InChI is InChI=1S/C17H18N2O4S/c1-11-3-5-14(16(20)9-11)18-17(21)13-4-6-15-12(10-13)7-8-19(15)24(2,22)23/h3-6,9-10,20H,7-8H2,1-2H3,(H,18,21). The number of carbonyl (C=O) groups excluding carboxylic acids is 1. The molecule has 0 aromatic heterocycles. The van der Waals surface area contributed by atoms with Gasteiger partial charge in [-0.1, -0.05) is 6.07 Å². The molecule has 2 N–H and O–H groups in total. The van der Waals surface area contributed by atoms with Crippen LogP contribution in [-0.4, -0.2) is 32.2 Å². The van der Waals surface area contributed by atoms with E-state index < -0.39 is 10.0 Å². The maximum atomic E-state index is 12.4. The summed E-state index contributed by atoms with van der Waals surface area (Å²) in [5, 5.41) is 12.5. The van der Waals surface area contributed by atoms with E-state index in [2.05, 4.69) is 5.32 Å². The third-order valence-corrected chi connectivity index (χ3v) is 5.18. The second-order valence-corrected chi connectivity index (χ2v) is 7.81. The lowest BCUT2D eigenvalue weighted by Crippen LogP contribution is -2.27. The highest BCUT2D eigenvalue weighted by atomic mass is 32.2. The Balaban J connectivity index is 1.85. The predicted octanol–water partition coefficient (Wildman–Crippen LogP) is 2.28. The molecule has 0 unspecified atom stereocenters. The zero-order valence-electron chi connectivity index (χ0n) is 13.4. The third kappa shape index (κ3) is 3.07. The van der Waals surface area contributed by atoms with E-state index in [1.165, 1.54) is 10.6 Å². The van der Waals surface area contributed by atoms with Gasteiger partial charge in [-0.15, -0.1) is 0 Å². The molecule has 0 atom stereocenters. The van der Waals surface area contributed by atoms with Gasteiger partial charge >= 0.3 is 0 Å². The summed E-state index contributed by atoms with van der Waals surface area (Å²) >= 11 is 0. The number of benzene rings is 2. The Morgan fingerprint density at radius 3 is 2.62 bits per heavy atom.